The second-order valence-electron chi connectivity index (χ2n) is 5.15. The molecule has 1 rings (SSSR count). The van der Waals surface area contributed by atoms with Crippen LogP contribution in [0, 0.1) is 0 Å². The van der Waals surface area contributed by atoms with Crippen LogP contribution in [0.15, 0.2) is 0 Å². The molecule has 0 aromatic heterocycles. The zero-order chi connectivity index (χ0) is 12.5. The molecule has 1 saturated carbocycles. The minimum absolute atomic E-state index is 0.0503. The van der Waals surface area contributed by atoms with Gasteiger partial charge in [-0.3, -0.25) is 10.2 Å². The summed E-state index contributed by atoms with van der Waals surface area (Å²) in [7, 11) is 2.24. The van der Waals surface area contributed by atoms with Gasteiger partial charge in [0, 0.05) is 12.5 Å². The van der Waals surface area contributed by atoms with Gasteiger partial charge in [-0.05, 0) is 39.3 Å². The Morgan fingerprint density at radius 3 is 2.59 bits per heavy atom. The second-order valence-corrected chi connectivity index (χ2v) is 5.15. The van der Waals surface area contributed by atoms with Crippen molar-refractivity contribution in [1.82, 2.24) is 10.3 Å². The molecule has 0 heterocycles. The number of nitrogens with one attached hydrogen (secondary N) is 1. The Bertz CT molecular complexity index is 215. The molecule has 0 bridgehead atoms. The van der Waals surface area contributed by atoms with Crippen molar-refractivity contribution in [2.45, 2.75) is 63.8 Å². The van der Waals surface area contributed by atoms with Crippen LogP contribution < -0.4 is 11.3 Å². The number of nitrogens with two attached hydrogens (primary N) is 1. The van der Waals surface area contributed by atoms with Crippen molar-refractivity contribution in [3.8, 4) is 0 Å². The summed E-state index contributed by atoms with van der Waals surface area (Å²) in [5, 5.41) is 0. The lowest BCUT2D eigenvalue weighted by molar-refractivity contribution is -0.121. The zero-order valence-electron chi connectivity index (χ0n) is 11.1. The molecule has 0 saturated heterocycles. The van der Waals surface area contributed by atoms with E-state index >= 15 is 0 Å². The Morgan fingerprint density at radius 2 is 1.94 bits per heavy atom. The highest BCUT2D eigenvalue weighted by molar-refractivity contribution is 5.74. The van der Waals surface area contributed by atoms with Crippen LogP contribution in [-0.4, -0.2) is 30.4 Å². The van der Waals surface area contributed by atoms with E-state index in [1.807, 2.05) is 0 Å². The molecule has 0 aromatic carbocycles. The van der Waals surface area contributed by atoms with Gasteiger partial charge in [0.1, 0.15) is 0 Å². The summed E-state index contributed by atoms with van der Waals surface area (Å²) in [6.07, 6.45) is 10.7. The maximum atomic E-state index is 10.9. The number of hydrogen-bond acceptors (Lipinski definition) is 3. The summed E-state index contributed by atoms with van der Waals surface area (Å²) in [5.41, 5.74) is 2.17. The fourth-order valence-electron chi connectivity index (χ4n) is 2.60. The Balaban J connectivity index is 1.99. The third-order valence-electron chi connectivity index (χ3n) is 3.77. The van der Waals surface area contributed by atoms with Gasteiger partial charge in [0.25, 0.3) is 0 Å². The molecule has 4 nitrogen and oxygen atoms in total. The van der Waals surface area contributed by atoms with Crippen LogP contribution in [0.4, 0.5) is 0 Å². The Labute approximate surface area is 105 Å². The van der Waals surface area contributed by atoms with Gasteiger partial charge < -0.3 is 4.90 Å². The third-order valence-corrected chi connectivity index (χ3v) is 3.77. The zero-order valence-corrected chi connectivity index (χ0v) is 11.1. The van der Waals surface area contributed by atoms with Crippen molar-refractivity contribution in [3.05, 3.63) is 0 Å². The third kappa shape index (κ3) is 6.03. The molecule has 0 atom stereocenters. The molecule has 1 amide bonds. The van der Waals surface area contributed by atoms with E-state index in [9.17, 15) is 4.79 Å². The molecule has 0 aromatic rings. The average Bonchev–Trinajstić information content (AvgIpc) is 2.38. The number of hydrogen-bond donors (Lipinski definition) is 2. The Kier molecular flexibility index (Phi) is 7.21. The molecular weight excluding hydrogens is 214 g/mol. The van der Waals surface area contributed by atoms with E-state index in [0.717, 1.165) is 25.4 Å². The maximum absolute atomic E-state index is 10.9. The van der Waals surface area contributed by atoms with Gasteiger partial charge in [0.05, 0.1) is 0 Å². The molecule has 100 valence electrons. The van der Waals surface area contributed by atoms with Gasteiger partial charge >= 0.3 is 0 Å². The van der Waals surface area contributed by atoms with E-state index in [2.05, 4.69) is 17.4 Å². The lowest BCUT2D eigenvalue weighted by Crippen LogP contribution is -2.34. The van der Waals surface area contributed by atoms with Crippen LogP contribution >= 0.6 is 0 Å². The van der Waals surface area contributed by atoms with Crippen LogP contribution in [0.2, 0.25) is 0 Å². The summed E-state index contributed by atoms with van der Waals surface area (Å²) in [6.45, 7) is 1.16. The summed E-state index contributed by atoms with van der Waals surface area (Å²) < 4.78 is 0. The van der Waals surface area contributed by atoms with E-state index in [0.29, 0.717) is 6.42 Å². The molecule has 0 radical (unpaired) electrons. The monoisotopic (exact) mass is 241 g/mol. The number of hydrazine groups is 1. The number of rotatable bonds is 7. The molecule has 0 aliphatic heterocycles. The van der Waals surface area contributed by atoms with Gasteiger partial charge in [-0.2, -0.15) is 0 Å². The number of amides is 1. The van der Waals surface area contributed by atoms with Gasteiger partial charge in [-0.1, -0.05) is 25.7 Å². The fraction of sp³-hybridized carbons (Fsp3) is 0.923. The first kappa shape index (κ1) is 14.5. The molecule has 0 spiro atoms. The van der Waals surface area contributed by atoms with E-state index < -0.39 is 0 Å². The topological polar surface area (TPSA) is 58.4 Å². The smallest absolute Gasteiger partial charge is 0.233 e. The summed E-state index contributed by atoms with van der Waals surface area (Å²) in [6, 6.07) is 0.802. The van der Waals surface area contributed by atoms with E-state index in [1.54, 1.807) is 0 Å². The normalized spacial score (nSPS) is 17.4. The van der Waals surface area contributed by atoms with Gasteiger partial charge in [-0.15, -0.1) is 0 Å². The van der Waals surface area contributed by atoms with Gasteiger partial charge in [-0.25, -0.2) is 5.84 Å². The number of carbonyl (C=O) groups excluding carboxylic acids is 1. The van der Waals surface area contributed by atoms with Crippen molar-refractivity contribution >= 4 is 5.91 Å². The minimum atomic E-state index is -0.0503. The number of nitrogens with zero attached hydrogens (tertiary/aromatic N) is 1. The van der Waals surface area contributed by atoms with Crippen LogP contribution in [-0.2, 0) is 4.79 Å². The molecule has 4 heteroatoms. The average molecular weight is 241 g/mol. The summed E-state index contributed by atoms with van der Waals surface area (Å²) in [5.74, 6) is 4.97. The van der Waals surface area contributed by atoms with E-state index in [1.165, 1.54) is 38.5 Å². The maximum Gasteiger partial charge on any atom is 0.233 e. The van der Waals surface area contributed by atoms with E-state index in [-0.39, 0.29) is 5.91 Å². The number of unbranched alkanes of at least 4 members (excludes halogenated alkanes) is 2. The molecule has 1 aliphatic rings. The Hall–Kier alpha value is -0.610. The van der Waals surface area contributed by atoms with Crippen LogP contribution in [0.25, 0.3) is 0 Å². The molecule has 0 unspecified atom stereocenters. The number of carbonyl (C=O) groups is 1. The minimum Gasteiger partial charge on any atom is -0.303 e. The Morgan fingerprint density at radius 1 is 1.24 bits per heavy atom. The first-order valence-corrected chi connectivity index (χ1v) is 6.93. The highest BCUT2D eigenvalue weighted by atomic mass is 16.2. The largest absolute Gasteiger partial charge is 0.303 e. The predicted molar refractivity (Wildman–Crippen MR) is 70.3 cm³/mol. The first-order chi connectivity index (χ1) is 8.24. The van der Waals surface area contributed by atoms with Crippen molar-refractivity contribution in [2.24, 2.45) is 5.84 Å². The summed E-state index contributed by atoms with van der Waals surface area (Å²) in [4.78, 5) is 13.4. The van der Waals surface area contributed by atoms with Gasteiger partial charge in [0.15, 0.2) is 0 Å². The summed E-state index contributed by atoms with van der Waals surface area (Å²) >= 11 is 0. The highest BCUT2D eigenvalue weighted by Gasteiger charge is 2.17. The highest BCUT2D eigenvalue weighted by Crippen LogP contribution is 2.21. The van der Waals surface area contributed by atoms with Crippen molar-refractivity contribution in [1.29, 1.82) is 0 Å². The lowest BCUT2D eigenvalue weighted by Gasteiger charge is -2.31. The standard InChI is InChI=1S/C13H27N3O/c1-16(12-8-4-2-5-9-12)11-7-3-6-10-13(17)15-14/h12H,2-11,14H2,1H3,(H,15,17). The molecule has 17 heavy (non-hydrogen) atoms. The van der Waals surface area contributed by atoms with Crippen LogP contribution in [0.1, 0.15) is 57.8 Å². The molecule has 3 N–H and O–H groups in total. The lowest BCUT2D eigenvalue weighted by atomic mass is 9.94. The van der Waals surface area contributed by atoms with Crippen LogP contribution in [0.5, 0.6) is 0 Å². The van der Waals surface area contributed by atoms with Gasteiger partial charge in [0.2, 0.25) is 5.91 Å². The quantitative estimate of drug-likeness (QED) is 0.309. The van der Waals surface area contributed by atoms with Crippen molar-refractivity contribution in [3.63, 3.8) is 0 Å². The van der Waals surface area contributed by atoms with Crippen molar-refractivity contribution in [2.75, 3.05) is 13.6 Å². The fourth-order valence-corrected chi connectivity index (χ4v) is 2.60. The molecular formula is C13H27N3O. The second kappa shape index (κ2) is 8.48. The van der Waals surface area contributed by atoms with E-state index in [4.69, 9.17) is 5.84 Å². The van der Waals surface area contributed by atoms with Crippen molar-refractivity contribution < 1.29 is 4.79 Å². The SMILES string of the molecule is CN(CCCCCC(=O)NN)C1CCCCC1. The first-order valence-electron chi connectivity index (χ1n) is 6.93. The predicted octanol–water partition coefficient (Wildman–Crippen LogP) is 1.80. The van der Waals surface area contributed by atoms with Crippen LogP contribution in [0.3, 0.4) is 0 Å². The molecule has 1 fully saturated rings. The molecule has 1 aliphatic carbocycles.